The molecular weight excluding hydrogens is 520 g/mol. The Kier molecular flexibility index (Phi) is 6.13. The molecule has 3 aliphatic rings. The van der Waals surface area contributed by atoms with Gasteiger partial charge >= 0.3 is 0 Å². The smallest absolute Gasteiger partial charge is 0.270 e. The van der Waals surface area contributed by atoms with E-state index in [1.165, 1.54) is 25.1 Å². The van der Waals surface area contributed by atoms with E-state index in [4.69, 9.17) is 4.74 Å². The summed E-state index contributed by atoms with van der Waals surface area (Å²) in [5.41, 5.74) is 2.08. The van der Waals surface area contributed by atoms with Crippen molar-refractivity contribution >= 4 is 31.9 Å². The SMILES string of the molecule is CC(C)C1Cc2cc(OCCC3CC3)c(Br)cc2-c2cc(=O)c(C(=O)NS(=O)(=O)C3CC3)cn21. The lowest BCUT2D eigenvalue weighted by Gasteiger charge is -2.34. The van der Waals surface area contributed by atoms with E-state index < -0.39 is 26.6 Å². The highest BCUT2D eigenvalue weighted by atomic mass is 79.9. The number of nitrogens with one attached hydrogen (secondary N) is 1. The fourth-order valence-corrected chi connectivity index (χ4v) is 6.34. The van der Waals surface area contributed by atoms with E-state index >= 15 is 0 Å². The number of carbonyl (C=O) groups is 1. The first-order valence-corrected chi connectivity index (χ1v) is 14.3. The summed E-state index contributed by atoms with van der Waals surface area (Å²) in [7, 11) is -3.74. The van der Waals surface area contributed by atoms with Gasteiger partial charge in [0.05, 0.1) is 22.0 Å². The Morgan fingerprint density at radius 3 is 2.59 bits per heavy atom. The van der Waals surface area contributed by atoms with Gasteiger partial charge in [-0.15, -0.1) is 0 Å². The minimum atomic E-state index is -3.74. The number of carbonyl (C=O) groups excluding carboxylic acids is 1. The predicted molar refractivity (Wildman–Crippen MR) is 134 cm³/mol. The number of nitrogens with zero attached hydrogens (tertiary/aromatic N) is 1. The number of fused-ring (bicyclic) bond motifs is 3. The molecule has 9 heteroatoms. The van der Waals surface area contributed by atoms with Gasteiger partial charge in [-0.05, 0) is 71.1 Å². The van der Waals surface area contributed by atoms with Crippen molar-refractivity contribution in [2.75, 3.05) is 6.61 Å². The highest BCUT2D eigenvalue weighted by Gasteiger charge is 2.37. The van der Waals surface area contributed by atoms with Crippen molar-refractivity contribution in [3.05, 3.63) is 50.2 Å². The van der Waals surface area contributed by atoms with Crippen molar-refractivity contribution in [2.45, 2.75) is 63.7 Å². The molecule has 0 saturated heterocycles. The van der Waals surface area contributed by atoms with Crippen molar-refractivity contribution in [1.82, 2.24) is 9.29 Å². The first-order valence-electron chi connectivity index (χ1n) is 11.9. The monoisotopic (exact) mass is 548 g/mol. The van der Waals surface area contributed by atoms with Crippen LogP contribution in [0.25, 0.3) is 11.3 Å². The lowest BCUT2D eigenvalue weighted by molar-refractivity contribution is 0.0979. The largest absolute Gasteiger partial charge is 0.492 e. The van der Waals surface area contributed by atoms with E-state index in [-0.39, 0.29) is 17.5 Å². The zero-order valence-electron chi connectivity index (χ0n) is 19.3. The maximum Gasteiger partial charge on any atom is 0.270 e. The number of aromatic nitrogens is 1. The van der Waals surface area contributed by atoms with Crippen molar-refractivity contribution in [3.8, 4) is 17.0 Å². The second-order valence-electron chi connectivity index (χ2n) is 10.1. The van der Waals surface area contributed by atoms with Gasteiger partial charge in [-0.3, -0.25) is 9.59 Å². The van der Waals surface area contributed by atoms with Crippen molar-refractivity contribution in [2.24, 2.45) is 11.8 Å². The lowest BCUT2D eigenvalue weighted by Crippen LogP contribution is -2.37. The quantitative estimate of drug-likeness (QED) is 0.526. The van der Waals surface area contributed by atoms with Crippen LogP contribution in [0.3, 0.4) is 0 Å². The third kappa shape index (κ3) is 4.69. The number of hydrogen-bond donors (Lipinski definition) is 1. The fourth-order valence-electron chi connectivity index (χ4n) is 4.59. The summed E-state index contributed by atoms with van der Waals surface area (Å²) in [6, 6.07) is 5.49. The Labute approximate surface area is 208 Å². The highest BCUT2D eigenvalue weighted by molar-refractivity contribution is 9.10. The molecule has 1 unspecified atom stereocenters. The zero-order chi connectivity index (χ0) is 24.2. The number of sulfonamides is 1. The first kappa shape index (κ1) is 23.6. The van der Waals surface area contributed by atoms with Gasteiger partial charge in [0.2, 0.25) is 10.0 Å². The van der Waals surface area contributed by atoms with Crippen molar-refractivity contribution < 1.29 is 17.9 Å². The molecule has 0 spiro atoms. The third-order valence-electron chi connectivity index (χ3n) is 6.99. The number of hydrogen-bond acceptors (Lipinski definition) is 5. The second-order valence-corrected chi connectivity index (χ2v) is 12.9. The maximum absolute atomic E-state index is 12.9. The van der Waals surface area contributed by atoms with Crippen molar-refractivity contribution in [3.63, 3.8) is 0 Å². The molecule has 2 aliphatic carbocycles. The minimum Gasteiger partial charge on any atom is -0.492 e. The van der Waals surface area contributed by atoms with E-state index in [1.54, 1.807) is 0 Å². The summed E-state index contributed by atoms with van der Waals surface area (Å²) in [6.45, 7) is 4.88. The Morgan fingerprint density at radius 2 is 1.94 bits per heavy atom. The summed E-state index contributed by atoms with van der Waals surface area (Å²) >= 11 is 3.62. The van der Waals surface area contributed by atoms with Crippen LogP contribution in [-0.4, -0.2) is 30.7 Å². The molecule has 2 aromatic rings. The van der Waals surface area contributed by atoms with Gasteiger partial charge in [0.15, 0.2) is 5.43 Å². The van der Waals surface area contributed by atoms with E-state index in [0.29, 0.717) is 19.4 Å². The predicted octanol–water partition coefficient (Wildman–Crippen LogP) is 4.43. The molecule has 182 valence electrons. The van der Waals surface area contributed by atoms with Crippen LogP contribution < -0.4 is 14.9 Å². The number of benzene rings is 1. The molecule has 2 heterocycles. The zero-order valence-corrected chi connectivity index (χ0v) is 21.7. The van der Waals surface area contributed by atoms with Crippen LogP contribution in [-0.2, 0) is 16.4 Å². The molecule has 34 heavy (non-hydrogen) atoms. The molecule has 2 fully saturated rings. The van der Waals surface area contributed by atoms with Crippen LogP contribution >= 0.6 is 15.9 Å². The number of rotatable bonds is 8. The van der Waals surface area contributed by atoms with Crippen LogP contribution in [0.5, 0.6) is 5.75 Å². The summed E-state index contributed by atoms with van der Waals surface area (Å²) in [4.78, 5) is 25.7. The Morgan fingerprint density at radius 1 is 1.21 bits per heavy atom. The van der Waals surface area contributed by atoms with Crippen LogP contribution in [0.15, 0.2) is 33.7 Å². The topological polar surface area (TPSA) is 94.5 Å². The fraction of sp³-hybridized carbons (Fsp3) is 0.520. The van der Waals surface area contributed by atoms with Gasteiger partial charge in [0.1, 0.15) is 11.3 Å². The Bertz CT molecular complexity index is 1310. The normalized spacial score (nSPS) is 19.5. The average Bonchev–Trinajstić information content (AvgIpc) is 3.66. The second kappa shape index (κ2) is 8.82. The summed E-state index contributed by atoms with van der Waals surface area (Å²) in [6.07, 6.45) is 6.98. The molecule has 0 radical (unpaired) electrons. The highest BCUT2D eigenvalue weighted by Crippen LogP contribution is 2.42. The average molecular weight is 549 g/mol. The summed E-state index contributed by atoms with van der Waals surface area (Å²) in [5.74, 6) is 0.967. The van der Waals surface area contributed by atoms with Crippen LogP contribution in [0.4, 0.5) is 0 Å². The maximum atomic E-state index is 12.9. The molecule has 7 nitrogen and oxygen atoms in total. The van der Waals surface area contributed by atoms with Gasteiger partial charge in [0.25, 0.3) is 5.91 Å². The molecule has 5 rings (SSSR count). The van der Waals surface area contributed by atoms with Gasteiger partial charge < -0.3 is 9.30 Å². The molecule has 1 amide bonds. The van der Waals surface area contributed by atoms with E-state index in [1.807, 2.05) is 10.6 Å². The Hall–Kier alpha value is -2.13. The molecule has 0 bridgehead atoms. The van der Waals surface area contributed by atoms with E-state index in [9.17, 15) is 18.0 Å². The standard InChI is InChI=1S/C25H29BrN2O5S/c1-14(2)21-9-16-10-24(33-8-7-15-3-4-15)20(26)11-18(16)22-12-23(29)19(13-28(21)22)25(30)27-34(31,32)17-5-6-17/h10-15,17,21H,3-9H2,1-2H3,(H,27,30). The van der Waals surface area contributed by atoms with Crippen molar-refractivity contribution in [1.29, 1.82) is 0 Å². The molecule has 1 atom stereocenters. The number of halogens is 1. The number of amides is 1. The minimum absolute atomic E-state index is 0.00942. The number of pyridine rings is 1. The van der Waals surface area contributed by atoms with Crippen LogP contribution in [0, 0.1) is 11.8 Å². The third-order valence-corrected chi connectivity index (χ3v) is 9.43. The lowest BCUT2D eigenvalue weighted by atomic mass is 9.87. The van der Waals surface area contributed by atoms with E-state index in [2.05, 4.69) is 40.6 Å². The summed E-state index contributed by atoms with van der Waals surface area (Å²) in [5, 5.41) is -0.537. The molecule has 1 aliphatic heterocycles. The molecule has 2 saturated carbocycles. The molecular formula is C25H29BrN2O5S. The van der Waals surface area contributed by atoms with Gasteiger partial charge in [-0.25, -0.2) is 13.1 Å². The molecule has 1 aromatic carbocycles. The van der Waals surface area contributed by atoms with E-state index in [0.717, 1.165) is 45.8 Å². The first-order chi connectivity index (χ1) is 16.1. The van der Waals surface area contributed by atoms with Gasteiger partial charge in [0, 0.05) is 23.9 Å². The number of ether oxygens (including phenoxy) is 1. The van der Waals surface area contributed by atoms with Crippen LogP contribution in [0.1, 0.15) is 67.9 Å². The molecule has 1 aromatic heterocycles. The molecule has 1 N–H and O–H groups in total. The van der Waals surface area contributed by atoms with Gasteiger partial charge in [-0.1, -0.05) is 26.7 Å². The van der Waals surface area contributed by atoms with Gasteiger partial charge in [-0.2, -0.15) is 0 Å². The van der Waals surface area contributed by atoms with Crippen LogP contribution in [0.2, 0.25) is 0 Å². The Balaban J connectivity index is 1.50. The summed E-state index contributed by atoms with van der Waals surface area (Å²) < 4.78 is 35.4.